The van der Waals surface area contributed by atoms with Crippen LogP contribution in [0, 0.1) is 0 Å². The molecule has 1 heterocycles. The van der Waals surface area contributed by atoms with Gasteiger partial charge in [0, 0.05) is 15.9 Å². The van der Waals surface area contributed by atoms with Gasteiger partial charge in [0.15, 0.2) is 4.34 Å². The molecule has 6 nitrogen and oxygen atoms in total. The predicted octanol–water partition coefficient (Wildman–Crippen LogP) is 4.90. The Bertz CT molecular complexity index is 952. The second-order valence-electron chi connectivity index (χ2n) is 5.74. The number of rotatable bonds is 9. The van der Waals surface area contributed by atoms with Crippen LogP contribution in [0.15, 0.2) is 63.4 Å². The molecule has 2 amide bonds. The van der Waals surface area contributed by atoms with Crippen LogP contribution < -0.4 is 10.6 Å². The van der Waals surface area contributed by atoms with E-state index in [1.54, 1.807) is 0 Å². The number of aromatic nitrogens is 2. The van der Waals surface area contributed by atoms with E-state index in [1.807, 2.05) is 54.6 Å². The highest BCUT2D eigenvalue weighted by Crippen LogP contribution is 2.26. The van der Waals surface area contributed by atoms with Gasteiger partial charge in [-0.25, -0.2) is 0 Å². The lowest BCUT2D eigenvalue weighted by Crippen LogP contribution is -2.14. The fourth-order valence-corrected chi connectivity index (χ4v) is 4.79. The van der Waals surface area contributed by atoms with Gasteiger partial charge in [-0.05, 0) is 29.8 Å². The smallest absolute Gasteiger partial charge is 0.236 e. The first-order chi connectivity index (χ1) is 14.1. The van der Waals surface area contributed by atoms with E-state index < -0.39 is 0 Å². The highest BCUT2D eigenvalue weighted by atomic mass is 79.9. The number of halogens is 1. The van der Waals surface area contributed by atoms with Gasteiger partial charge >= 0.3 is 0 Å². The molecule has 150 valence electrons. The first-order valence-corrected chi connectivity index (χ1v) is 12.3. The maximum atomic E-state index is 12.0. The summed E-state index contributed by atoms with van der Waals surface area (Å²) >= 11 is 7.43. The van der Waals surface area contributed by atoms with Gasteiger partial charge in [0.1, 0.15) is 0 Å². The van der Waals surface area contributed by atoms with E-state index in [9.17, 15) is 9.59 Å². The summed E-state index contributed by atoms with van der Waals surface area (Å²) in [6, 6.07) is 17.4. The Hall–Kier alpha value is -1.88. The van der Waals surface area contributed by atoms with Gasteiger partial charge in [0.25, 0.3) is 0 Å². The fourth-order valence-electron chi connectivity index (χ4n) is 2.17. The van der Waals surface area contributed by atoms with Crippen LogP contribution in [0.3, 0.4) is 0 Å². The Balaban J connectivity index is 1.37. The number of nitrogens with one attached hydrogen (secondary N) is 2. The number of carbonyl (C=O) groups is 2. The molecular weight excluding hydrogens is 492 g/mol. The molecule has 29 heavy (non-hydrogen) atoms. The highest BCUT2D eigenvalue weighted by molar-refractivity contribution is 9.10. The van der Waals surface area contributed by atoms with Crippen LogP contribution in [0.25, 0.3) is 0 Å². The van der Waals surface area contributed by atoms with Gasteiger partial charge in [-0.3, -0.25) is 14.9 Å². The summed E-state index contributed by atoms with van der Waals surface area (Å²) in [6.45, 7) is 0. The number of amides is 2. The van der Waals surface area contributed by atoms with Crippen molar-refractivity contribution >= 4 is 73.4 Å². The first-order valence-electron chi connectivity index (χ1n) is 8.52. The summed E-state index contributed by atoms with van der Waals surface area (Å²) in [4.78, 5) is 24.1. The lowest BCUT2D eigenvalue weighted by Gasteiger charge is -2.03. The van der Waals surface area contributed by atoms with Crippen LogP contribution in [0.1, 0.15) is 5.56 Å². The zero-order valence-corrected chi connectivity index (χ0v) is 19.2. The number of nitrogens with zero attached hydrogens (tertiary/aromatic N) is 2. The molecule has 10 heteroatoms. The topological polar surface area (TPSA) is 84.0 Å². The summed E-state index contributed by atoms with van der Waals surface area (Å²) in [5.74, 6) is 1.08. The maximum absolute atomic E-state index is 12.0. The van der Waals surface area contributed by atoms with Gasteiger partial charge in [0.05, 0.1) is 11.5 Å². The van der Waals surface area contributed by atoms with Crippen molar-refractivity contribution in [2.75, 3.05) is 22.1 Å². The van der Waals surface area contributed by atoms with Gasteiger partial charge in [-0.2, -0.15) is 0 Å². The van der Waals surface area contributed by atoms with E-state index in [0.717, 1.165) is 15.9 Å². The molecule has 0 atom stereocenters. The minimum atomic E-state index is -0.129. The Kier molecular flexibility index (Phi) is 8.53. The molecule has 0 saturated heterocycles. The highest BCUT2D eigenvalue weighted by Gasteiger charge is 2.11. The third-order valence-electron chi connectivity index (χ3n) is 3.45. The molecule has 0 saturated carbocycles. The zero-order valence-electron chi connectivity index (χ0n) is 15.1. The summed E-state index contributed by atoms with van der Waals surface area (Å²) < 4.78 is 1.58. The Morgan fingerprint density at radius 2 is 1.66 bits per heavy atom. The van der Waals surface area contributed by atoms with E-state index in [-0.39, 0.29) is 17.6 Å². The molecule has 0 radical (unpaired) electrons. The summed E-state index contributed by atoms with van der Waals surface area (Å²) in [7, 11) is 0. The molecule has 0 aliphatic carbocycles. The van der Waals surface area contributed by atoms with Crippen molar-refractivity contribution in [1.82, 2.24) is 10.2 Å². The third kappa shape index (κ3) is 7.81. The van der Waals surface area contributed by atoms with Crippen molar-refractivity contribution in [3.63, 3.8) is 0 Å². The second kappa shape index (κ2) is 11.3. The second-order valence-corrected chi connectivity index (χ2v) is 9.84. The number of anilines is 2. The molecule has 3 rings (SSSR count). The fraction of sp³-hybridized carbons (Fsp3) is 0.158. The van der Waals surface area contributed by atoms with Crippen LogP contribution in [-0.2, 0) is 15.3 Å². The molecule has 0 fully saturated rings. The molecule has 3 aromatic rings. The molecule has 2 N–H and O–H groups in total. The van der Waals surface area contributed by atoms with Crippen molar-refractivity contribution in [3.05, 3.63) is 64.6 Å². The largest absolute Gasteiger partial charge is 0.325 e. The Morgan fingerprint density at radius 3 is 2.41 bits per heavy atom. The van der Waals surface area contributed by atoms with Gasteiger partial charge < -0.3 is 5.32 Å². The van der Waals surface area contributed by atoms with Crippen molar-refractivity contribution in [2.24, 2.45) is 0 Å². The summed E-state index contributed by atoms with van der Waals surface area (Å²) in [6.07, 6.45) is 0. The zero-order chi connectivity index (χ0) is 20.5. The van der Waals surface area contributed by atoms with Crippen molar-refractivity contribution in [1.29, 1.82) is 0 Å². The lowest BCUT2D eigenvalue weighted by atomic mass is 10.2. The standard InChI is InChI=1S/C19H17BrN4O2S3/c20-14-6-8-15(9-7-14)21-17(26)12-28-19-24-23-18(29-19)22-16(25)11-27-10-13-4-2-1-3-5-13/h1-9H,10-12H2,(H,21,26)(H,22,23,25). The first kappa shape index (κ1) is 21.8. The molecule has 0 unspecified atom stereocenters. The van der Waals surface area contributed by atoms with Crippen LogP contribution in [0.2, 0.25) is 0 Å². The van der Waals surface area contributed by atoms with E-state index in [0.29, 0.717) is 15.2 Å². The molecule has 0 spiro atoms. The Morgan fingerprint density at radius 1 is 0.931 bits per heavy atom. The van der Waals surface area contributed by atoms with Crippen molar-refractivity contribution in [2.45, 2.75) is 10.1 Å². The van der Waals surface area contributed by atoms with Gasteiger partial charge in [-0.15, -0.1) is 22.0 Å². The molecule has 1 aromatic heterocycles. The molecule has 0 aliphatic heterocycles. The maximum Gasteiger partial charge on any atom is 0.236 e. The minimum absolute atomic E-state index is 0.119. The summed E-state index contributed by atoms with van der Waals surface area (Å²) in [5.41, 5.74) is 1.92. The third-order valence-corrected chi connectivity index (χ3v) is 6.96. The number of carbonyl (C=O) groups excluding carboxylic acids is 2. The SMILES string of the molecule is O=C(CSc1nnc(NC(=O)CSCc2ccccc2)s1)Nc1ccc(Br)cc1. The van der Waals surface area contributed by atoms with E-state index in [4.69, 9.17) is 0 Å². The van der Waals surface area contributed by atoms with Crippen molar-refractivity contribution < 1.29 is 9.59 Å². The van der Waals surface area contributed by atoms with E-state index in [1.165, 1.54) is 40.4 Å². The van der Waals surface area contributed by atoms with Crippen LogP contribution in [-0.4, -0.2) is 33.5 Å². The van der Waals surface area contributed by atoms with Gasteiger partial charge in [0.2, 0.25) is 16.9 Å². The molecular formula is C19H17BrN4O2S3. The van der Waals surface area contributed by atoms with Crippen molar-refractivity contribution in [3.8, 4) is 0 Å². The quantitative estimate of drug-likeness (QED) is 0.315. The normalized spacial score (nSPS) is 10.5. The molecule has 2 aromatic carbocycles. The van der Waals surface area contributed by atoms with Crippen LogP contribution >= 0.6 is 50.8 Å². The van der Waals surface area contributed by atoms with Gasteiger partial charge in [-0.1, -0.05) is 69.4 Å². The number of hydrogen-bond donors (Lipinski definition) is 2. The number of thioether (sulfide) groups is 2. The average Bonchev–Trinajstić information content (AvgIpc) is 3.16. The van der Waals surface area contributed by atoms with E-state index in [2.05, 4.69) is 36.8 Å². The molecule has 0 aliphatic rings. The van der Waals surface area contributed by atoms with E-state index >= 15 is 0 Å². The lowest BCUT2D eigenvalue weighted by molar-refractivity contribution is -0.114. The number of hydrogen-bond acceptors (Lipinski definition) is 7. The monoisotopic (exact) mass is 508 g/mol. The molecule has 0 bridgehead atoms. The number of benzene rings is 2. The van der Waals surface area contributed by atoms with Crippen LogP contribution in [0.4, 0.5) is 10.8 Å². The minimum Gasteiger partial charge on any atom is -0.325 e. The van der Waals surface area contributed by atoms with Crippen LogP contribution in [0.5, 0.6) is 0 Å². The summed E-state index contributed by atoms with van der Waals surface area (Å²) in [5, 5.41) is 14.0. The Labute approximate surface area is 189 Å². The predicted molar refractivity (Wildman–Crippen MR) is 125 cm³/mol. The average molecular weight is 509 g/mol.